The van der Waals surface area contributed by atoms with Gasteiger partial charge in [0.25, 0.3) is 0 Å². The van der Waals surface area contributed by atoms with E-state index in [4.69, 9.17) is 0 Å². The quantitative estimate of drug-likeness (QED) is 0.747. The summed E-state index contributed by atoms with van der Waals surface area (Å²) < 4.78 is 0. The van der Waals surface area contributed by atoms with E-state index in [1.54, 1.807) is 0 Å². The Morgan fingerprint density at radius 1 is 0.688 bits per heavy atom. The molecule has 0 atom stereocenters. The van der Waals surface area contributed by atoms with Crippen LogP contribution in [-0.4, -0.2) is 0 Å². The van der Waals surface area contributed by atoms with Gasteiger partial charge in [0.1, 0.15) is 0 Å². The van der Waals surface area contributed by atoms with Crippen LogP contribution in [0.3, 0.4) is 0 Å². The van der Waals surface area contributed by atoms with Crippen molar-refractivity contribution in [1.82, 2.24) is 0 Å². The predicted octanol–water partition coefficient (Wildman–Crippen LogP) is 2.59. The Labute approximate surface area is 96.4 Å². The van der Waals surface area contributed by atoms with Crippen LogP contribution in [0.5, 0.6) is 0 Å². The molecule has 81 valence electrons. The third-order valence-corrected chi connectivity index (χ3v) is 2.63. The van der Waals surface area contributed by atoms with Gasteiger partial charge in [-0.3, -0.25) is 0 Å². The highest BCUT2D eigenvalue weighted by molar-refractivity contribution is 5.42. The lowest BCUT2D eigenvalue weighted by atomic mass is 10.00. The molecule has 0 aliphatic carbocycles. The predicted molar refractivity (Wildman–Crippen MR) is 63.8 cm³/mol. The van der Waals surface area contributed by atoms with Gasteiger partial charge in [-0.25, -0.2) is 0 Å². The van der Waals surface area contributed by atoms with E-state index >= 15 is 0 Å². The molecule has 0 saturated carbocycles. The molecule has 2 aromatic rings. The monoisotopic (exact) mass is 210 g/mol. The molecule has 0 unspecified atom stereocenters. The van der Waals surface area contributed by atoms with Crippen molar-refractivity contribution in [1.29, 1.82) is 0 Å². The highest BCUT2D eigenvalue weighted by Gasteiger charge is 2.01. The highest BCUT2D eigenvalue weighted by Crippen LogP contribution is 2.18. The van der Waals surface area contributed by atoms with Gasteiger partial charge < -0.3 is 5.11 Å². The van der Waals surface area contributed by atoms with E-state index in [1.165, 1.54) is 11.1 Å². The second-order valence-electron chi connectivity index (χ2n) is 4.06. The zero-order chi connectivity index (χ0) is 11.5. The first-order valence-electron chi connectivity index (χ1n) is 5.35. The van der Waals surface area contributed by atoms with Gasteiger partial charge in [-0.15, -0.1) is 0 Å². The summed E-state index contributed by atoms with van der Waals surface area (Å²) in [4.78, 5) is 0. The fourth-order valence-electron chi connectivity index (χ4n) is 1.58. The van der Waals surface area contributed by atoms with E-state index in [-0.39, 0.29) is 6.10 Å². The van der Waals surface area contributed by atoms with Gasteiger partial charge in [-0.05, 0) is 13.8 Å². The third kappa shape index (κ3) is 2.31. The van der Waals surface area contributed by atoms with Crippen LogP contribution < -0.4 is 5.11 Å². The molecular formula is C15H14O-. The number of hydrogen-bond acceptors (Lipinski definition) is 1. The van der Waals surface area contributed by atoms with Crippen molar-refractivity contribution in [3.63, 3.8) is 0 Å². The molecule has 1 heteroatoms. The van der Waals surface area contributed by atoms with Crippen molar-refractivity contribution >= 4 is 0 Å². The van der Waals surface area contributed by atoms with Gasteiger partial charge in [0.2, 0.25) is 0 Å². The van der Waals surface area contributed by atoms with E-state index in [0.29, 0.717) is 0 Å². The van der Waals surface area contributed by atoms with E-state index in [9.17, 15) is 5.11 Å². The minimum atomic E-state index is 0.0833. The van der Waals surface area contributed by atoms with Gasteiger partial charge >= 0.3 is 0 Å². The second kappa shape index (κ2) is 4.50. The number of hydrogen-bond donors (Lipinski definition) is 0. The smallest absolute Gasteiger partial charge is 0.0398 e. The molecule has 0 heterocycles. The van der Waals surface area contributed by atoms with Crippen LogP contribution in [0, 0.1) is 20.0 Å². The molecule has 0 bridgehead atoms. The van der Waals surface area contributed by atoms with Crippen molar-refractivity contribution in [2.75, 3.05) is 0 Å². The van der Waals surface area contributed by atoms with Crippen molar-refractivity contribution in [3.8, 4) is 0 Å². The lowest BCUT2D eigenvalue weighted by molar-refractivity contribution is -0.333. The standard InChI is InChI=1S/C15H14O/c1-11-3-7-13(8-4-11)15(16)14-9-5-12(2)6-10-14/h3-10H,1-2H3/q-1. The summed E-state index contributed by atoms with van der Waals surface area (Å²) in [6.45, 7) is 4.03. The minimum absolute atomic E-state index is 0.0833. The van der Waals surface area contributed by atoms with Crippen molar-refractivity contribution < 1.29 is 5.11 Å². The number of rotatable bonds is 2. The summed E-state index contributed by atoms with van der Waals surface area (Å²) in [7, 11) is 0. The van der Waals surface area contributed by atoms with E-state index in [0.717, 1.165) is 11.1 Å². The average molecular weight is 210 g/mol. The maximum absolute atomic E-state index is 12.1. The van der Waals surface area contributed by atoms with Crippen LogP contribution in [0.15, 0.2) is 48.5 Å². The van der Waals surface area contributed by atoms with Gasteiger partial charge in [0, 0.05) is 0 Å². The van der Waals surface area contributed by atoms with Crippen molar-refractivity contribution in [2.24, 2.45) is 0 Å². The first-order chi connectivity index (χ1) is 7.66. The van der Waals surface area contributed by atoms with Gasteiger partial charge in [0.05, 0.1) is 0 Å². The van der Waals surface area contributed by atoms with Gasteiger partial charge in [-0.2, -0.15) is 0 Å². The van der Waals surface area contributed by atoms with E-state index in [2.05, 4.69) is 0 Å². The SMILES string of the molecule is Cc1ccc([C]([O-])c2ccc(C)cc2)cc1. The lowest BCUT2D eigenvalue weighted by Gasteiger charge is -2.23. The summed E-state index contributed by atoms with van der Waals surface area (Å²) in [5, 5.41) is 12.1. The zero-order valence-corrected chi connectivity index (χ0v) is 9.53. The molecule has 2 aromatic carbocycles. The van der Waals surface area contributed by atoms with Gasteiger partial charge in [-0.1, -0.05) is 76.9 Å². The molecule has 0 aliphatic rings. The van der Waals surface area contributed by atoms with Crippen LogP contribution in [0.2, 0.25) is 0 Å². The maximum atomic E-state index is 12.1. The molecule has 2 rings (SSSR count). The molecule has 1 radical (unpaired) electrons. The molecule has 0 fully saturated rings. The van der Waals surface area contributed by atoms with E-state index in [1.807, 2.05) is 62.4 Å². The molecule has 0 aromatic heterocycles. The Hall–Kier alpha value is -1.60. The molecule has 0 aliphatic heterocycles. The fraction of sp³-hybridized carbons (Fsp3) is 0.133. The molecule has 0 N–H and O–H groups in total. The van der Waals surface area contributed by atoms with Crippen molar-refractivity contribution in [3.05, 3.63) is 76.9 Å². The first-order valence-corrected chi connectivity index (χ1v) is 5.35. The van der Waals surface area contributed by atoms with Crippen LogP contribution in [0.4, 0.5) is 0 Å². The largest absolute Gasteiger partial charge is 0.843 e. The Balaban J connectivity index is 2.28. The zero-order valence-electron chi connectivity index (χ0n) is 9.53. The van der Waals surface area contributed by atoms with Crippen LogP contribution in [0.25, 0.3) is 0 Å². The summed E-state index contributed by atoms with van der Waals surface area (Å²) in [6, 6.07) is 15.3. The second-order valence-corrected chi connectivity index (χ2v) is 4.06. The Bertz CT molecular complexity index is 408. The molecular weight excluding hydrogens is 196 g/mol. The van der Waals surface area contributed by atoms with Crippen LogP contribution in [-0.2, 0) is 0 Å². The molecule has 16 heavy (non-hydrogen) atoms. The Kier molecular flexibility index (Phi) is 3.07. The normalized spacial score (nSPS) is 10.8. The van der Waals surface area contributed by atoms with Crippen molar-refractivity contribution in [2.45, 2.75) is 13.8 Å². The average Bonchev–Trinajstić information content (AvgIpc) is 2.30. The Morgan fingerprint density at radius 3 is 1.31 bits per heavy atom. The first kappa shape index (κ1) is 10.9. The fourth-order valence-corrected chi connectivity index (χ4v) is 1.58. The lowest BCUT2D eigenvalue weighted by Crippen LogP contribution is -2.17. The maximum Gasteiger partial charge on any atom is -0.0398 e. The molecule has 0 spiro atoms. The van der Waals surface area contributed by atoms with Crippen LogP contribution >= 0.6 is 0 Å². The Morgan fingerprint density at radius 2 is 1.00 bits per heavy atom. The van der Waals surface area contributed by atoms with Crippen LogP contribution in [0.1, 0.15) is 22.3 Å². The third-order valence-electron chi connectivity index (χ3n) is 2.63. The molecule has 0 saturated heterocycles. The molecule has 0 amide bonds. The summed E-state index contributed by atoms with van der Waals surface area (Å²) in [5.74, 6) is 0. The summed E-state index contributed by atoms with van der Waals surface area (Å²) in [6.07, 6.45) is 0.0833. The minimum Gasteiger partial charge on any atom is -0.843 e. The van der Waals surface area contributed by atoms with E-state index < -0.39 is 0 Å². The van der Waals surface area contributed by atoms with Gasteiger partial charge in [0.15, 0.2) is 0 Å². The molecule has 1 nitrogen and oxygen atoms in total. The topological polar surface area (TPSA) is 23.1 Å². The summed E-state index contributed by atoms with van der Waals surface area (Å²) in [5.41, 5.74) is 3.82. The summed E-state index contributed by atoms with van der Waals surface area (Å²) >= 11 is 0. The number of benzene rings is 2. The number of aryl methyl sites for hydroxylation is 2. The highest BCUT2D eigenvalue weighted by atomic mass is 16.3.